The summed E-state index contributed by atoms with van der Waals surface area (Å²) in [6.07, 6.45) is 0. The first-order valence-electron chi connectivity index (χ1n) is 8.12. The standard InChI is InChI=1S/C19H14Cl3NO4S/c1-2-26-19(25)17-10(15-11(20)4-3-5-14(15)28-17)8-27-16-12(21)6-9(18(23)24)7-13(16)22/h3-7H,2,8H2,1H3,(H2,23,24). The molecule has 1 heterocycles. The molecule has 3 aromatic rings. The number of halogens is 3. The van der Waals surface area contributed by atoms with Gasteiger partial charge < -0.3 is 15.2 Å². The van der Waals surface area contributed by atoms with Crippen molar-refractivity contribution in [1.29, 1.82) is 0 Å². The number of nitrogens with two attached hydrogens (primary N) is 1. The van der Waals surface area contributed by atoms with Gasteiger partial charge in [0.2, 0.25) is 5.91 Å². The molecule has 0 radical (unpaired) electrons. The predicted molar refractivity (Wildman–Crippen MR) is 112 cm³/mol. The number of rotatable bonds is 6. The van der Waals surface area contributed by atoms with E-state index >= 15 is 0 Å². The fraction of sp³-hybridized carbons (Fsp3) is 0.158. The van der Waals surface area contributed by atoms with Gasteiger partial charge in [-0.15, -0.1) is 11.3 Å². The van der Waals surface area contributed by atoms with Crippen LogP contribution in [0.15, 0.2) is 30.3 Å². The van der Waals surface area contributed by atoms with Crippen LogP contribution in [0.3, 0.4) is 0 Å². The minimum atomic E-state index is -0.657. The van der Waals surface area contributed by atoms with E-state index in [2.05, 4.69) is 0 Å². The van der Waals surface area contributed by atoms with Crippen LogP contribution in [0.2, 0.25) is 15.1 Å². The Labute approximate surface area is 179 Å². The van der Waals surface area contributed by atoms with E-state index in [0.717, 1.165) is 4.70 Å². The molecule has 3 rings (SSSR count). The highest BCUT2D eigenvalue weighted by atomic mass is 35.5. The first-order chi connectivity index (χ1) is 13.3. The van der Waals surface area contributed by atoms with Crippen LogP contribution in [-0.4, -0.2) is 18.5 Å². The molecule has 0 aliphatic rings. The maximum Gasteiger partial charge on any atom is 0.348 e. The molecule has 0 fully saturated rings. The number of primary amides is 1. The number of thiophene rings is 1. The Morgan fingerprint density at radius 1 is 1.11 bits per heavy atom. The highest BCUT2D eigenvalue weighted by Crippen LogP contribution is 2.39. The van der Waals surface area contributed by atoms with Crippen molar-refractivity contribution in [1.82, 2.24) is 0 Å². The fourth-order valence-electron chi connectivity index (χ4n) is 2.65. The number of esters is 1. The van der Waals surface area contributed by atoms with E-state index < -0.39 is 11.9 Å². The molecule has 0 saturated heterocycles. The van der Waals surface area contributed by atoms with Gasteiger partial charge in [0.25, 0.3) is 0 Å². The zero-order valence-corrected chi connectivity index (χ0v) is 17.6. The lowest BCUT2D eigenvalue weighted by Gasteiger charge is -2.12. The third-order valence-electron chi connectivity index (χ3n) is 3.87. The molecule has 146 valence electrons. The summed E-state index contributed by atoms with van der Waals surface area (Å²) < 4.78 is 11.8. The predicted octanol–water partition coefficient (Wildman–Crippen LogP) is 5.72. The van der Waals surface area contributed by atoms with Crippen molar-refractivity contribution in [2.75, 3.05) is 6.61 Å². The highest BCUT2D eigenvalue weighted by molar-refractivity contribution is 7.21. The maximum absolute atomic E-state index is 12.4. The lowest BCUT2D eigenvalue weighted by Crippen LogP contribution is -2.11. The van der Waals surface area contributed by atoms with Crippen molar-refractivity contribution in [3.63, 3.8) is 0 Å². The van der Waals surface area contributed by atoms with Gasteiger partial charge in [0.05, 0.1) is 16.7 Å². The Balaban J connectivity index is 2.02. The number of carbonyl (C=O) groups is 2. The van der Waals surface area contributed by atoms with Crippen LogP contribution in [0.5, 0.6) is 5.75 Å². The van der Waals surface area contributed by atoms with Gasteiger partial charge in [-0.1, -0.05) is 40.9 Å². The second kappa shape index (κ2) is 8.57. The molecule has 0 aliphatic carbocycles. The Morgan fingerprint density at radius 2 is 1.79 bits per heavy atom. The number of benzene rings is 2. The monoisotopic (exact) mass is 457 g/mol. The molecule has 5 nitrogen and oxygen atoms in total. The molecule has 2 N–H and O–H groups in total. The summed E-state index contributed by atoms with van der Waals surface area (Å²) in [6, 6.07) is 8.14. The number of fused-ring (bicyclic) bond motifs is 1. The molecular weight excluding hydrogens is 445 g/mol. The van der Waals surface area contributed by atoms with Crippen LogP contribution in [-0.2, 0) is 11.3 Å². The van der Waals surface area contributed by atoms with Crippen LogP contribution in [0, 0.1) is 0 Å². The summed E-state index contributed by atoms with van der Waals surface area (Å²) in [6.45, 7) is 1.95. The van der Waals surface area contributed by atoms with Gasteiger partial charge in [-0.2, -0.15) is 0 Å². The van der Waals surface area contributed by atoms with E-state index in [4.69, 9.17) is 50.0 Å². The van der Waals surface area contributed by atoms with Gasteiger partial charge in [-0.25, -0.2) is 4.79 Å². The number of carbonyl (C=O) groups excluding carboxylic acids is 2. The lowest BCUT2D eigenvalue weighted by atomic mass is 10.1. The smallest absolute Gasteiger partial charge is 0.348 e. The van der Waals surface area contributed by atoms with Crippen molar-refractivity contribution < 1.29 is 19.1 Å². The van der Waals surface area contributed by atoms with E-state index in [0.29, 0.717) is 20.8 Å². The molecule has 1 amide bonds. The van der Waals surface area contributed by atoms with Crippen LogP contribution < -0.4 is 10.5 Å². The van der Waals surface area contributed by atoms with Gasteiger partial charge in [-0.05, 0) is 31.2 Å². The Hall–Kier alpha value is -1.99. The quantitative estimate of drug-likeness (QED) is 0.479. The molecule has 0 saturated carbocycles. The first-order valence-corrected chi connectivity index (χ1v) is 10.1. The number of hydrogen-bond donors (Lipinski definition) is 1. The molecule has 0 atom stereocenters. The third-order valence-corrected chi connectivity index (χ3v) is 5.92. The number of hydrogen-bond acceptors (Lipinski definition) is 5. The summed E-state index contributed by atoms with van der Waals surface area (Å²) in [7, 11) is 0. The highest BCUT2D eigenvalue weighted by Gasteiger charge is 2.22. The Morgan fingerprint density at radius 3 is 2.39 bits per heavy atom. The zero-order chi connectivity index (χ0) is 20.4. The largest absolute Gasteiger partial charge is 0.486 e. The normalized spacial score (nSPS) is 10.9. The molecule has 0 aliphatic heterocycles. The van der Waals surface area contributed by atoms with Gasteiger partial charge in [0, 0.05) is 26.2 Å². The summed E-state index contributed by atoms with van der Waals surface area (Å²) in [5.41, 5.74) is 6.00. The van der Waals surface area contributed by atoms with Gasteiger partial charge >= 0.3 is 5.97 Å². The lowest BCUT2D eigenvalue weighted by molar-refractivity contribution is 0.0529. The molecule has 0 spiro atoms. The topological polar surface area (TPSA) is 78.6 Å². The molecular formula is C19H14Cl3NO4S. The summed E-state index contributed by atoms with van der Waals surface area (Å²) >= 11 is 20.0. The van der Waals surface area contributed by atoms with Gasteiger partial charge in [0.1, 0.15) is 11.5 Å². The third kappa shape index (κ3) is 4.05. The zero-order valence-electron chi connectivity index (χ0n) is 14.6. The average Bonchev–Trinajstić information content (AvgIpc) is 3.01. The van der Waals surface area contributed by atoms with Crippen LogP contribution in [0.25, 0.3) is 10.1 Å². The van der Waals surface area contributed by atoms with E-state index in [1.807, 2.05) is 6.07 Å². The average molecular weight is 459 g/mol. The molecule has 2 aromatic carbocycles. The van der Waals surface area contributed by atoms with E-state index in [1.54, 1.807) is 19.1 Å². The van der Waals surface area contributed by atoms with Crippen LogP contribution in [0.1, 0.15) is 32.5 Å². The van der Waals surface area contributed by atoms with E-state index in [9.17, 15) is 9.59 Å². The summed E-state index contributed by atoms with van der Waals surface area (Å²) in [4.78, 5) is 24.1. The number of ether oxygens (including phenoxy) is 2. The Bertz CT molecular complexity index is 1060. The van der Waals surface area contributed by atoms with E-state index in [1.165, 1.54) is 23.5 Å². The fourth-order valence-corrected chi connectivity index (χ4v) is 4.72. The second-order valence-electron chi connectivity index (χ2n) is 5.67. The summed E-state index contributed by atoms with van der Waals surface area (Å²) in [5.74, 6) is -0.940. The van der Waals surface area contributed by atoms with Crippen molar-refractivity contribution in [2.24, 2.45) is 5.73 Å². The molecule has 9 heteroatoms. The molecule has 28 heavy (non-hydrogen) atoms. The minimum Gasteiger partial charge on any atom is -0.486 e. The Kier molecular flexibility index (Phi) is 6.35. The SMILES string of the molecule is CCOC(=O)c1sc2cccc(Cl)c2c1COc1c(Cl)cc(C(N)=O)cc1Cl. The van der Waals surface area contributed by atoms with Crippen molar-refractivity contribution in [3.8, 4) is 5.75 Å². The van der Waals surface area contributed by atoms with Crippen LogP contribution in [0.4, 0.5) is 0 Å². The molecule has 1 aromatic heterocycles. The maximum atomic E-state index is 12.4. The molecule has 0 bridgehead atoms. The van der Waals surface area contributed by atoms with Crippen LogP contribution >= 0.6 is 46.1 Å². The first kappa shape index (κ1) is 20.7. The van der Waals surface area contributed by atoms with Crippen molar-refractivity contribution in [2.45, 2.75) is 13.5 Å². The summed E-state index contributed by atoms with van der Waals surface area (Å²) in [5, 5.41) is 1.46. The van der Waals surface area contributed by atoms with E-state index in [-0.39, 0.29) is 34.6 Å². The van der Waals surface area contributed by atoms with Gasteiger partial charge in [-0.3, -0.25) is 4.79 Å². The number of amides is 1. The second-order valence-corrected chi connectivity index (χ2v) is 7.94. The minimum absolute atomic E-state index is 0.0206. The van der Waals surface area contributed by atoms with Crippen molar-refractivity contribution >= 4 is 68.1 Å². The van der Waals surface area contributed by atoms with Gasteiger partial charge in [0.15, 0.2) is 5.75 Å². The van der Waals surface area contributed by atoms with Crippen molar-refractivity contribution in [3.05, 3.63) is 61.4 Å². The molecule has 0 unspecified atom stereocenters.